The molecule has 0 aromatic heterocycles. The number of ether oxygens (including phenoxy) is 1. The van der Waals surface area contributed by atoms with Crippen molar-refractivity contribution < 1.29 is 26.8 Å². The highest BCUT2D eigenvalue weighted by atomic mass is 35.5. The third-order valence-corrected chi connectivity index (χ3v) is 5.61. The number of carbonyl (C=O) groups excluding carboxylic acids is 1. The first-order valence-electron chi connectivity index (χ1n) is 9.24. The Labute approximate surface area is 176 Å². The van der Waals surface area contributed by atoms with Crippen molar-refractivity contribution in [1.29, 1.82) is 0 Å². The number of rotatable bonds is 5. The predicted molar refractivity (Wildman–Crippen MR) is 106 cm³/mol. The molecule has 4 rings (SSSR count). The van der Waals surface area contributed by atoms with E-state index in [0.29, 0.717) is 17.3 Å². The number of nitrogens with one attached hydrogen (secondary N) is 1. The van der Waals surface area contributed by atoms with E-state index in [1.165, 1.54) is 0 Å². The zero-order valence-corrected chi connectivity index (χ0v) is 17.0. The lowest BCUT2D eigenvalue weighted by molar-refractivity contribution is -0.752. The van der Waals surface area contributed by atoms with Gasteiger partial charge in [-0.25, -0.2) is 4.90 Å². The molecule has 28 heavy (non-hydrogen) atoms. The molecular formula is C20H24Cl2N4O2. The molecule has 0 spiro atoms. The van der Waals surface area contributed by atoms with Gasteiger partial charge in [-0.2, -0.15) is 0 Å². The highest BCUT2D eigenvalue weighted by molar-refractivity contribution is 6.33. The van der Waals surface area contributed by atoms with Gasteiger partial charge in [-0.3, -0.25) is 9.69 Å². The maximum Gasteiger partial charge on any atom is 0.254 e. The molecule has 2 aromatic rings. The van der Waals surface area contributed by atoms with Crippen LogP contribution in [0.15, 0.2) is 42.5 Å². The Kier molecular flexibility index (Phi) is 6.80. The lowest BCUT2D eigenvalue weighted by atomic mass is 10.1. The first-order valence-corrected chi connectivity index (χ1v) is 9.62. The molecule has 1 fully saturated rings. The number of halogens is 2. The summed E-state index contributed by atoms with van der Waals surface area (Å²) >= 11 is 6.57. The maximum atomic E-state index is 11.9. The van der Waals surface area contributed by atoms with E-state index in [1.807, 2.05) is 30.3 Å². The van der Waals surface area contributed by atoms with Gasteiger partial charge in [0.2, 0.25) is 0 Å². The standard InChI is InChI=1S/C20H23ClN4O2.ClH/c21-16-5-3-7-18-19(16)25(17-6-2-1-4-15(17)20(22)26)14-24(18)9-8-23-10-12-27-13-11-23;/h1-7H,8-14H2,(H2,22,26);1H. The summed E-state index contributed by atoms with van der Waals surface area (Å²) in [5.74, 6) is -0.418. The molecule has 2 aliphatic rings. The van der Waals surface area contributed by atoms with E-state index < -0.39 is 5.91 Å². The van der Waals surface area contributed by atoms with Crippen LogP contribution >= 0.6 is 11.6 Å². The van der Waals surface area contributed by atoms with Gasteiger partial charge < -0.3 is 27.8 Å². The Bertz CT molecular complexity index is 843. The lowest BCUT2D eigenvalue weighted by Crippen LogP contribution is -3.02. The molecule has 150 valence electrons. The molecule has 0 aliphatic carbocycles. The Morgan fingerprint density at radius 1 is 1.11 bits per heavy atom. The minimum absolute atomic E-state index is 0. The van der Waals surface area contributed by atoms with E-state index in [9.17, 15) is 4.79 Å². The van der Waals surface area contributed by atoms with Gasteiger partial charge in [0.05, 0.1) is 13.2 Å². The van der Waals surface area contributed by atoms with Gasteiger partial charge in [0.15, 0.2) is 18.0 Å². The van der Waals surface area contributed by atoms with Crippen LogP contribution in [0.2, 0.25) is 5.02 Å². The van der Waals surface area contributed by atoms with Crippen LogP contribution in [0.25, 0.3) is 0 Å². The highest BCUT2D eigenvalue weighted by Gasteiger charge is 2.36. The monoisotopic (exact) mass is 422 g/mol. The number of benzene rings is 2. The SMILES string of the molecule is NC(=O)c1ccccc1[NH+]1CN(CCN2CCOCC2)c2cccc(Cl)c21.[Cl-]. The van der Waals surface area contributed by atoms with Crippen molar-refractivity contribution in [3.63, 3.8) is 0 Å². The van der Waals surface area contributed by atoms with Crippen molar-refractivity contribution >= 4 is 34.6 Å². The summed E-state index contributed by atoms with van der Waals surface area (Å²) in [7, 11) is 0. The van der Waals surface area contributed by atoms with Crippen molar-refractivity contribution in [2.45, 2.75) is 0 Å². The van der Waals surface area contributed by atoms with Crippen molar-refractivity contribution in [2.75, 3.05) is 51.0 Å². The fraction of sp³-hybridized carbons (Fsp3) is 0.350. The number of fused-ring (bicyclic) bond motifs is 1. The third kappa shape index (κ3) is 4.11. The molecule has 1 atom stereocenters. The molecule has 2 heterocycles. The van der Waals surface area contributed by atoms with Gasteiger partial charge in [0, 0.05) is 32.2 Å². The summed E-state index contributed by atoms with van der Waals surface area (Å²) in [6.07, 6.45) is 0. The Morgan fingerprint density at radius 2 is 1.86 bits per heavy atom. The fourth-order valence-corrected chi connectivity index (χ4v) is 4.18. The van der Waals surface area contributed by atoms with Gasteiger partial charge in [-0.1, -0.05) is 29.8 Å². The molecule has 0 radical (unpaired) electrons. The molecule has 3 N–H and O–H groups in total. The van der Waals surface area contributed by atoms with Crippen LogP contribution in [0, 0.1) is 0 Å². The van der Waals surface area contributed by atoms with Gasteiger partial charge in [-0.15, -0.1) is 0 Å². The number of hydrogen-bond donors (Lipinski definition) is 2. The smallest absolute Gasteiger partial charge is 0.254 e. The zero-order chi connectivity index (χ0) is 18.8. The number of nitrogens with zero attached hydrogens (tertiary/aromatic N) is 2. The Morgan fingerprint density at radius 3 is 2.61 bits per heavy atom. The number of amides is 1. The van der Waals surface area contributed by atoms with Gasteiger partial charge in [-0.05, 0) is 18.2 Å². The van der Waals surface area contributed by atoms with Crippen LogP contribution in [0.1, 0.15) is 10.4 Å². The second-order valence-corrected chi connectivity index (χ2v) is 7.31. The molecule has 0 saturated carbocycles. The first-order chi connectivity index (χ1) is 13.1. The topological polar surface area (TPSA) is 63.2 Å². The van der Waals surface area contributed by atoms with E-state index in [-0.39, 0.29) is 12.4 Å². The van der Waals surface area contributed by atoms with Crippen LogP contribution in [-0.4, -0.2) is 56.9 Å². The number of carbonyl (C=O) groups is 1. The number of nitrogens with two attached hydrogens (primary N) is 1. The van der Waals surface area contributed by atoms with Gasteiger partial charge >= 0.3 is 0 Å². The number of hydrogen-bond acceptors (Lipinski definition) is 4. The maximum absolute atomic E-state index is 11.9. The molecular weight excluding hydrogens is 399 g/mol. The van der Waals surface area contributed by atoms with Crippen LogP contribution in [0.4, 0.5) is 17.1 Å². The quantitative estimate of drug-likeness (QED) is 0.609. The molecule has 1 saturated heterocycles. The number of quaternary nitrogens is 1. The summed E-state index contributed by atoms with van der Waals surface area (Å²) in [5.41, 5.74) is 9.14. The average Bonchev–Trinajstić information content (AvgIpc) is 3.07. The van der Waals surface area contributed by atoms with Gasteiger partial charge in [0.25, 0.3) is 5.91 Å². The van der Waals surface area contributed by atoms with Crippen LogP contribution in [-0.2, 0) is 4.74 Å². The first kappa shape index (κ1) is 20.9. The zero-order valence-electron chi connectivity index (χ0n) is 15.5. The van der Waals surface area contributed by atoms with Crippen LogP contribution in [0.3, 0.4) is 0 Å². The van der Waals surface area contributed by atoms with E-state index in [0.717, 1.165) is 61.4 Å². The summed E-state index contributed by atoms with van der Waals surface area (Å²) < 4.78 is 5.43. The summed E-state index contributed by atoms with van der Waals surface area (Å²) in [4.78, 5) is 17.8. The molecule has 6 nitrogen and oxygen atoms in total. The van der Waals surface area contributed by atoms with Crippen molar-refractivity contribution in [3.05, 3.63) is 53.1 Å². The van der Waals surface area contributed by atoms with Crippen LogP contribution in [0.5, 0.6) is 0 Å². The van der Waals surface area contributed by atoms with E-state index in [4.69, 9.17) is 22.1 Å². The second kappa shape index (κ2) is 9.11. The Hall–Kier alpha value is -1.83. The van der Waals surface area contributed by atoms with Crippen molar-refractivity contribution in [1.82, 2.24) is 4.90 Å². The van der Waals surface area contributed by atoms with Crippen molar-refractivity contribution in [3.8, 4) is 0 Å². The number of primary amides is 1. The summed E-state index contributed by atoms with van der Waals surface area (Å²) in [6, 6.07) is 13.5. The van der Waals surface area contributed by atoms with E-state index in [1.54, 1.807) is 6.07 Å². The molecule has 2 aliphatic heterocycles. The average molecular weight is 423 g/mol. The summed E-state index contributed by atoms with van der Waals surface area (Å²) in [6.45, 7) is 6.12. The predicted octanol–water partition coefficient (Wildman–Crippen LogP) is -1.60. The molecule has 2 aromatic carbocycles. The minimum Gasteiger partial charge on any atom is -1.00 e. The second-order valence-electron chi connectivity index (χ2n) is 6.90. The summed E-state index contributed by atoms with van der Waals surface area (Å²) in [5, 5.41) is 0.704. The minimum atomic E-state index is -0.418. The van der Waals surface area contributed by atoms with Crippen LogP contribution < -0.4 is 27.9 Å². The van der Waals surface area contributed by atoms with Gasteiger partial charge in [0.1, 0.15) is 16.3 Å². The molecule has 1 amide bonds. The number of anilines is 1. The lowest BCUT2D eigenvalue weighted by Gasteiger charge is -2.28. The highest BCUT2D eigenvalue weighted by Crippen LogP contribution is 2.35. The fourth-order valence-electron chi connectivity index (χ4n) is 3.90. The number of morpholine rings is 1. The third-order valence-electron chi connectivity index (χ3n) is 5.29. The largest absolute Gasteiger partial charge is 1.00 e. The van der Waals surface area contributed by atoms with E-state index in [2.05, 4.69) is 15.9 Å². The van der Waals surface area contributed by atoms with Crippen molar-refractivity contribution in [2.24, 2.45) is 5.73 Å². The molecule has 0 bridgehead atoms. The molecule has 8 heteroatoms. The van der Waals surface area contributed by atoms with E-state index >= 15 is 0 Å². The number of para-hydroxylation sites is 2. The molecule has 1 unspecified atom stereocenters. The Balaban J connectivity index is 0.00000225. The normalized spacial score (nSPS) is 19.2.